The number of carbonyl (C=O) groups excluding carboxylic acids is 1. The molecule has 0 spiro atoms. The molecular formula is C25H27F3N6OS. The van der Waals surface area contributed by atoms with Crippen LogP contribution in [-0.2, 0) is 11.2 Å². The van der Waals surface area contributed by atoms with Crippen molar-refractivity contribution in [1.82, 2.24) is 20.2 Å². The van der Waals surface area contributed by atoms with Gasteiger partial charge in [0.25, 0.3) is 5.92 Å². The second-order valence-electron chi connectivity index (χ2n) is 9.83. The van der Waals surface area contributed by atoms with Gasteiger partial charge in [-0.3, -0.25) is 9.89 Å². The van der Waals surface area contributed by atoms with Crippen LogP contribution in [0.5, 0.6) is 0 Å². The summed E-state index contributed by atoms with van der Waals surface area (Å²) in [5, 5.41) is 10.7. The number of Topliss-reactive ketones (excluding diaryl/α,β-unsaturated/α-hetero) is 1. The van der Waals surface area contributed by atoms with Crippen LogP contribution in [0.4, 0.5) is 30.6 Å². The van der Waals surface area contributed by atoms with Crippen LogP contribution < -0.4 is 10.2 Å². The Hall–Kier alpha value is -3.08. The molecule has 1 aliphatic heterocycles. The first kappa shape index (κ1) is 24.6. The molecule has 3 aromatic rings. The fraction of sp³-hybridized carbons (Fsp3) is 0.440. The van der Waals surface area contributed by atoms with Gasteiger partial charge in [0.05, 0.1) is 19.5 Å². The van der Waals surface area contributed by atoms with Crippen LogP contribution in [0.15, 0.2) is 46.5 Å². The van der Waals surface area contributed by atoms with Crippen molar-refractivity contribution in [2.75, 3.05) is 23.3 Å². The van der Waals surface area contributed by atoms with Gasteiger partial charge >= 0.3 is 0 Å². The molecule has 0 radical (unpaired) electrons. The van der Waals surface area contributed by atoms with Gasteiger partial charge in [-0.15, -0.1) is 0 Å². The number of nitrogens with zero attached hydrogens (tertiary/aromatic N) is 4. The van der Waals surface area contributed by atoms with Gasteiger partial charge < -0.3 is 10.2 Å². The predicted octanol–water partition coefficient (Wildman–Crippen LogP) is 5.50. The van der Waals surface area contributed by atoms with E-state index in [1.54, 1.807) is 30.3 Å². The highest BCUT2D eigenvalue weighted by Crippen LogP contribution is 2.48. The Morgan fingerprint density at radius 2 is 1.92 bits per heavy atom. The zero-order valence-electron chi connectivity index (χ0n) is 20.0. The first-order valence-electron chi connectivity index (χ1n) is 11.8. The molecule has 190 valence electrons. The number of aromatic nitrogens is 4. The summed E-state index contributed by atoms with van der Waals surface area (Å²) in [7, 11) is 0. The fourth-order valence-electron chi connectivity index (χ4n) is 4.32. The number of H-pyrrole nitrogens is 1. The number of nitrogens with one attached hydrogen (secondary N) is 2. The van der Waals surface area contributed by atoms with Crippen LogP contribution in [0, 0.1) is 12.8 Å². The molecule has 3 heterocycles. The van der Waals surface area contributed by atoms with E-state index in [-0.39, 0.29) is 12.3 Å². The van der Waals surface area contributed by atoms with Crippen LogP contribution in [0.2, 0.25) is 0 Å². The highest BCUT2D eigenvalue weighted by molar-refractivity contribution is 7.99. The average Bonchev–Trinajstić information content (AvgIpc) is 3.54. The first-order valence-corrected chi connectivity index (χ1v) is 12.6. The maximum Gasteiger partial charge on any atom is 0.252 e. The van der Waals surface area contributed by atoms with Crippen LogP contribution in [0.25, 0.3) is 0 Å². The summed E-state index contributed by atoms with van der Waals surface area (Å²) in [6.07, 6.45) is 1.08. The standard InChI is InChI=1S/C25H27F3N6OS/c1-15-9-21(33-32-15)29-20-11-22(34-13-25(28,14-34)17-5-6-17)31-23(30-20)36-19-7-3-16(4-8-19)10-18(35)12-24(2,26)27/h3-4,7-9,11,17H,5-6,10,12-14H2,1-2H3,(H2,29,30,31,32,33). The van der Waals surface area contributed by atoms with Crippen LogP contribution in [0.1, 0.15) is 37.4 Å². The largest absolute Gasteiger partial charge is 0.350 e. The number of hydrogen-bond acceptors (Lipinski definition) is 7. The van der Waals surface area contributed by atoms with Gasteiger partial charge in [-0.05, 0) is 62.1 Å². The molecule has 2 aliphatic rings. The van der Waals surface area contributed by atoms with Crippen molar-refractivity contribution < 1.29 is 18.0 Å². The Kier molecular flexibility index (Phi) is 6.44. The lowest BCUT2D eigenvalue weighted by molar-refractivity contribution is -0.124. The van der Waals surface area contributed by atoms with Crippen molar-refractivity contribution in [2.45, 2.75) is 61.2 Å². The van der Waals surface area contributed by atoms with Gasteiger partial charge in [0, 0.05) is 29.1 Å². The summed E-state index contributed by atoms with van der Waals surface area (Å²) in [4.78, 5) is 23.9. The highest BCUT2D eigenvalue weighted by atomic mass is 32.2. The SMILES string of the molecule is Cc1cc(Nc2cc(N3CC(F)(C4CC4)C3)nc(Sc3ccc(CC(=O)CC(C)(F)F)cc3)n2)n[nH]1. The number of aromatic amines is 1. The van der Waals surface area contributed by atoms with Crippen LogP contribution in [0.3, 0.4) is 0 Å². The van der Waals surface area contributed by atoms with E-state index in [1.165, 1.54) is 11.8 Å². The van der Waals surface area contributed by atoms with E-state index in [0.717, 1.165) is 30.4 Å². The van der Waals surface area contributed by atoms with Gasteiger partial charge in [-0.2, -0.15) is 5.10 Å². The zero-order chi connectivity index (χ0) is 25.5. The Morgan fingerprint density at radius 3 is 2.53 bits per heavy atom. The maximum absolute atomic E-state index is 15.0. The maximum atomic E-state index is 15.0. The minimum Gasteiger partial charge on any atom is -0.350 e. The molecule has 2 fully saturated rings. The molecule has 0 amide bonds. The third kappa shape index (κ3) is 6.00. The normalized spacial score (nSPS) is 17.1. The quantitative estimate of drug-likeness (QED) is 0.344. The van der Waals surface area contributed by atoms with E-state index in [4.69, 9.17) is 0 Å². The second-order valence-corrected chi connectivity index (χ2v) is 10.9. The summed E-state index contributed by atoms with van der Waals surface area (Å²) in [6.45, 7) is 3.28. The van der Waals surface area contributed by atoms with Crippen molar-refractivity contribution >= 4 is 35.0 Å². The van der Waals surface area contributed by atoms with Crippen LogP contribution in [-0.4, -0.2) is 50.6 Å². The Bertz CT molecular complexity index is 1250. The van der Waals surface area contributed by atoms with E-state index in [0.29, 0.717) is 41.3 Å². The molecule has 11 heteroatoms. The molecule has 1 aromatic carbocycles. The van der Waals surface area contributed by atoms with Crippen molar-refractivity contribution in [3.63, 3.8) is 0 Å². The first-order chi connectivity index (χ1) is 17.0. The van der Waals surface area contributed by atoms with Crippen molar-refractivity contribution in [1.29, 1.82) is 0 Å². The number of aryl methyl sites for hydroxylation is 1. The molecule has 7 nitrogen and oxygen atoms in total. The topological polar surface area (TPSA) is 86.8 Å². The number of benzene rings is 1. The fourth-order valence-corrected chi connectivity index (χ4v) is 5.09. The molecule has 0 bridgehead atoms. The summed E-state index contributed by atoms with van der Waals surface area (Å²) in [5.41, 5.74) is 0.427. The number of carbonyl (C=O) groups is 1. The lowest BCUT2D eigenvalue weighted by Crippen LogP contribution is -2.60. The van der Waals surface area contributed by atoms with Gasteiger partial charge in [-0.25, -0.2) is 23.1 Å². The van der Waals surface area contributed by atoms with E-state index >= 15 is 0 Å². The van der Waals surface area contributed by atoms with E-state index in [1.807, 2.05) is 17.9 Å². The summed E-state index contributed by atoms with van der Waals surface area (Å²) in [5.74, 6) is -1.57. The molecular weight excluding hydrogens is 489 g/mol. The third-order valence-electron chi connectivity index (χ3n) is 6.24. The summed E-state index contributed by atoms with van der Waals surface area (Å²) < 4.78 is 41.1. The number of halogens is 3. The zero-order valence-corrected chi connectivity index (χ0v) is 20.8. The number of hydrogen-bond donors (Lipinski definition) is 2. The number of alkyl halides is 3. The summed E-state index contributed by atoms with van der Waals surface area (Å²) >= 11 is 1.32. The minimum atomic E-state index is -3.01. The van der Waals surface area contributed by atoms with E-state index in [2.05, 4.69) is 25.5 Å². The van der Waals surface area contributed by atoms with E-state index < -0.39 is 23.8 Å². The molecule has 36 heavy (non-hydrogen) atoms. The predicted molar refractivity (Wildman–Crippen MR) is 132 cm³/mol. The molecule has 0 unspecified atom stereocenters. The molecule has 0 atom stereocenters. The van der Waals surface area contributed by atoms with Crippen molar-refractivity contribution in [2.24, 2.45) is 5.92 Å². The smallest absolute Gasteiger partial charge is 0.252 e. The van der Waals surface area contributed by atoms with Gasteiger partial charge in [0.15, 0.2) is 11.0 Å². The second kappa shape index (κ2) is 9.42. The number of ketones is 1. The Morgan fingerprint density at radius 1 is 1.19 bits per heavy atom. The Balaban J connectivity index is 1.31. The number of anilines is 3. The lowest BCUT2D eigenvalue weighted by Gasteiger charge is -2.45. The van der Waals surface area contributed by atoms with Gasteiger partial charge in [0.1, 0.15) is 23.1 Å². The van der Waals surface area contributed by atoms with Gasteiger partial charge in [0.2, 0.25) is 0 Å². The molecule has 1 saturated heterocycles. The van der Waals surface area contributed by atoms with E-state index in [9.17, 15) is 18.0 Å². The average molecular weight is 517 g/mol. The molecule has 2 N–H and O–H groups in total. The van der Waals surface area contributed by atoms with Gasteiger partial charge in [-0.1, -0.05) is 12.1 Å². The number of rotatable bonds is 10. The monoisotopic (exact) mass is 516 g/mol. The van der Waals surface area contributed by atoms with Crippen molar-refractivity contribution in [3.05, 3.63) is 47.7 Å². The van der Waals surface area contributed by atoms with Crippen LogP contribution >= 0.6 is 11.8 Å². The third-order valence-corrected chi connectivity index (χ3v) is 7.11. The molecule has 2 aromatic heterocycles. The Labute approximate surface area is 211 Å². The molecule has 1 saturated carbocycles. The summed E-state index contributed by atoms with van der Waals surface area (Å²) in [6, 6.07) is 10.7. The highest BCUT2D eigenvalue weighted by Gasteiger charge is 2.54. The molecule has 5 rings (SSSR count). The minimum absolute atomic E-state index is 0.0432. The van der Waals surface area contributed by atoms with Crippen molar-refractivity contribution in [3.8, 4) is 0 Å². The lowest BCUT2D eigenvalue weighted by atomic mass is 9.91. The molecule has 1 aliphatic carbocycles.